The molecule has 0 aliphatic rings. The van der Waals surface area contributed by atoms with Gasteiger partial charge in [-0.2, -0.15) is 16.8 Å². The predicted octanol–water partition coefficient (Wildman–Crippen LogP) is 0.195. The largest absolute Gasteiger partial charge is 0.398 e. The van der Waals surface area contributed by atoms with Crippen molar-refractivity contribution in [2.24, 2.45) is 0 Å². The van der Waals surface area contributed by atoms with Gasteiger partial charge in [0.15, 0.2) is 0 Å². The van der Waals surface area contributed by atoms with Crippen LogP contribution in [0.25, 0.3) is 0 Å². The highest BCUT2D eigenvalue weighted by molar-refractivity contribution is 7.86. The van der Waals surface area contributed by atoms with E-state index in [1.54, 1.807) is 12.1 Å². The molecule has 2 aromatic rings. The van der Waals surface area contributed by atoms with Crippen LogP contribution in [0.15, 0.2) is 46.2 Å². The third-order valence-corrected chi connectivity index (χ3v) is 4.51. The second-order valence-electron chi connectivity index (χ2n) is 4.51. The van der Waals surface area contributed by atoms with Crippen LogP contribution in [0.4, 0.5) is 22.7 Å². The third-order valence-electron chi connectivity index (χ3n) is 2.69. The zero-order chi connectivity index (χ0) is 18.7. The summed E-state index contributed by atoms with van der Waals surface area (Å²) in [4.78, 5) is -1.68. The Labute approximate surface area is 138 Å². The lowest BCUT2D eigenvalue weighted by molar-refractivity contribution is 0.482. The molecule has 12 heteroatoms. The summed E-state index contributed by atoms with van der Waals surface area (Å²) in [7, 11) is -9.38. The van der Waals surface area contributed by atoms with Crippen LogP contribution >= 0.6 is 0 Å². The first-order chi connectivity index (χ1) is 10.8. The Balaban J connectivity index is 0.000000300. The molecule has 0 aliphatic heterocycles. The van der Waals surface area contributed by atoms with E-state index in [9.17, 15) is 16.8 Å². The third kappa shape index (κ3) is 4.99. The van der Waals surface area contributed by atoms with Gasteiger partial charge in [-0.25, -0.2) is 0 Å². The molecule has 10 nitrogen and oxygen atoms in total. The molecule has 0 aliphatic carbocycles. The van der Waals surface area contributed by atoms with Crippen molar-refractivity contribution in [3.8, 4) is 0 Å². The Morgan fingerprint density at radius 1 is 0.625 bits per heavy atom. The molecule has 10 N–H and O–H groups in total. The first kappa shape index (κ1) is 19.5. The zero-order valence-electron chi connectivity index (χ0n) is 12.1. The van der Waals surface area contributed by atoms with E-state index in [4.69, 9.17) is 32.0 Å². The Bertz CT molecular complexity index is 883. The number of anilines is 4. The molecule has 0 saturated carbocycles. The maximum Gasteiger partial charge on any atom is 0.296 e. The lowest BCUT2D eigenvalue weighted by Crippen LogP contribution is -2.09. The molecule has 2 rings (SSSR count). The second-order valence-corrected chi connectivity index (χ2v) is 7.29. The molecule has 0 heterocycles. The van der Waals surface area contributed by atoms with Crippen molar-refractivity contribution in [1.29, 1.82) is 0 Å². The van der Waals surface area contributed by atoms with Crippen LogP contribution in [-0.4, -0.2) is 25.9 Å². The standard InChI is InChI=1S/C6H8N2O6S2.C6H8N2/c7-3-1-4(8)6(16(12,13)14)2-5(3)15(9,10)11;7-5-3-1-2-4-6(5)8/h1-2H,7-8H2,(H,9,10,11)(H,12,13,14);1-4H,7-8H2. The van der Waals surface area contributed by atoms with Crippen LogP contribution in [0.2, 0.25) is 0 Å². The van der Waals surface area contributed by atoms with Gasteiger partial charge in [0.25, 0.3) is 20.2 Å². The predicted molar refractivity (Wildman–Crippen MR) is 90.2 cm³/mol. The van der Waals surface area contributed by atoms with Crippen molar-refractivity contribution in [1.82, 2.24) is 0 Å². The van der Waals surface area contributed by atoms with Gasteiger partial charge in [-0.1, -0.05) is 12.1 Å². The number of hydrogen-bond donors (Lipinski definition) is 6. The Morgan fingerprint density at radius 2 is 0.958 bits per heavy atom. The maximum atomic E-state index is 10.8. The number of nitrogens with two attached hydrogens (primary N) is 4. The van der Waals surface area contributed by atoms with Crippen LogP contribution in [0, 0.1) is 0 Å². The number of benzene rings is 2. The molecule has 2 aromatic carbocycles. The highest BCUT2D eigenvalue weighted by Gasteiger charge is 2.22. The summed E-state index contributed by atoms with van der Waals surface area (Å²) in [5, 5.41) is 0. The zero-order valence-corrected chi connectivity index (χ0v) is 13.8. The smallest absolute Gasteiger partial charge is 0.296 e. The van der Waals surface area contributed by atoms with Crippen LogP contribution < -0.4 is 22.9 Å². The summed E-state index contributed by atoms with van der Waals surface area (Å²) in [5.74, 6) is 0. The summed E-state index contributed by atoms with van der Waals surface area (Å²) >= 11 is 0. The Kier molecular flexibility index (Phi) is 5.62. The average Bonchev–Trinajstić information content (AvgIpc) is 2.40. The summed E-state index contributed by atoms with van der Waals surface area (Å²) in [6.07, 6.45) is 0. The SMILES string of the molecule is Nc1cc(N)c(S(=O)(=O)O)cc1S(=O)(=O)O.Nc1ccccc1N. The molecule has 0 aromatic heterocycles. The van der Waals surface area contributed by atoms with Gasteiger partial charge in [-0.05, 0) is 24.3 Å². The maximum absolute atomic E-state index is 10.8. The number of nitrogen functional groups attached to an aromatic ring is 4. The number of rotatable bonds is 2. The van der Waals surface area contributed by atoms with Crippen LogP contribution in [0.1, 0.15) is 0 Å². The van der Waals surface area contributed by atoms with E-state index >= 15 is 0 Å². The lowest BCUT2D eigenvalue weighted by Gasteiger charge is -2.07. The van der Waals surface area contributed by atoms with Crippen molar-refractivity contribution in [3.05, 3.63) is 36.4 Å². The second kappa shape index (κ2) is 6.92. The van der Waals surface area contributed by atoms with Crippen molar-refractivity contribution >= 4 is 43.0 Å². The van der Waals surface area contributed by atoms with Crippen molar-refractivity contribution < 1.29 is 25.9 Å². The first-order valence-corrected chi connectivity index (χ1v) is 8.96. The molecule has 0 bridgehead atoms. The van der Waals surface area contributed by atoms with Gasteiger partial charge in [0.1, 0.15) is 9.79 Å². The van der Waals surface area contributed by atoms with Crippen LogP contribution in [-0.2, 0) is 20.2 Å². The number of para-hydroxylation sites is 2. The summed E-state index contributed by atoms with van der Waals surface area (Å²) in [6, 6.07) is 8.55. The Morgan fingerprint density at radius 3 is 1.21 bits per heavy atom. The van der Waals surface area contributed by atoms with Crippen LogP contribution in [0.3, 0.4) is 0 Å². The van der Waals surface area contributed by atoms with E-state index in [0.29, 0.717) is 17.4 Å². The van der Waals surface area contributed by atoms with Gasteiger partial charge < -0.3 is 22.9 Å². The normalized spacial score (nSPS) is 11.4. The minimum Gasteiger partial charge on any atom is -0.398 e. The van der Waals surface area contributed by atoms with Gasteiger partial charge in [-0.3, -0.25) is 9.11 Å². The summed E-state index contributed by atoms with van der Waals surface area (Å²) in [5.41, 5.74) is 21.7. The molecule has 132 valence electrons. The molecule has 0 spiro atoms. The van der Waals surface area contributed by atoms with Crippen molar-refractivity contribution in [2.45, 2.75) is 9.79 Å². The molecule has 0 atom stereocenters. The molecule has 0 radical (unpaired) electrons. The van der Waals surface area contributed by atoms with Gasteiger partial charge in [0, 0.05) is 0 Å². The first-order valence-electron chi connectivity index (χ1n) is 6.08. The van der Waals surface area contributed by atoms with Gasteiger partial charge >= 0.3 is 0 Å². The molecular weight excluding hydrogens is 360 g/mol. The minimum atomic E-state index is -4.69. The van der Waals surface area contributed by atoms with E-state index in [1.807, 2.05) is 12.1 Å². The molecule has 24 heavy (non-hydrogen) atoms. The quantitative estimate of drug-likeness (QED) is 0.309. The monoisotopic (exact) mass is 376 g/mol. The molecular formula is C12H16N4O6S2. The average molecular weight is 376 g/mol. The number of hydrogen-bond acceptors (Lipinski definition) is 8. The fourth-order valence-corrected chi connectivity index (χ4v) is 2.87. The van der Waals surface area contributed by atoms with Crippen LogP contribution in [0.5, 0.6) is 0 Å². The lowest BCUT2D eigenvalue weighted by atomic mass is 10.3. The highest BCUT2D eigenvalue weighted by Crippen LogP contribution is 2.27. The topological polar surface area (TPSA) is 213 Å². The fraction of sp³-hybridized carbons (Fsp3) is 0. The van der Waals surface area contributed by atoms with E-state index in [0.717, 1.165) is 6.07 Å². The van der Waals surface area contributed by atoms with E-state index in [1.165, 1.54) is 0 Å². The van der Waals surface area contributed by atoms with E-state index < -0.39 is 41.4 Å². The molecule has 0 fully saturated rings. The highest BCUT2D eigenvalue weighted by atomic mass is 32.2. The molecule has 0 saturated heterocycles. The summed E-state index contributed by atoms with van der Waals surface area (Å²) < 4.78 is 60.7. The van der Waals surface area contributed by atoms with Crippen molar-refractivity contribution in [3.63, 3.8) is 0 Å². The van der Waals surface area contributed by atoms with Gasteiger partial charge in [0.2, 0.25) is 0 Å². The molecule has 0 amide bonds. The van der Waals surface area contributed by atoms with E-state index in [-0.39, 0.29) is 0 Å². The van der Waals surface area contributed by atoms with Crippen molar-refractivity contribution in [2.75, 3.05) is 22.9 Å². The van der Waals surface area contributed by atoms with E-state index in [2.05, 4.69) is 0 Å². The van der Waals surface area contributed by atoms with Gasteiger partial charge in [0.05, 0.1) is 22.7 Å². The fourth-order valence-electron chi connectivity index (χ4n) is 1.55. The van der Waals surface area contributed by atoms with Gasteiger partial charge in [-0.15, -0.1) is 0 Å². The summed E-state index contributed by atoms with van der Waals surface area (Å²) in [6.45, 7) is 0. The molecule has 0 unspecified atom stereocenters. The minimum absolute atomic E-state index is 0.424. The Hall–Kier alpha value is -2.54.